The molecule has 6 nitrogen and oxygen atoms in total. The number of hydrogen-bond donors (Lipinski definition) is 1. The normalized spacial score (nSPS) is 10.7. The number of thioether (sulfide) groups is 1. The van der Waals surface area contributed by atoms with Crippen molar-refractivity contribution in [3.63, 3.8) is 0 Å². The Morgan fingerprint density at radius 1 is 1.28 bits per heavy atom. The molecule has 0 radical (unpaired) electrons. The zero-order chi connectivity index (χ0) is 17.8. The molecule has 0 saturated heterocycles. The number of hydrogen-bond acceptors (Lipinski definition) is 5. The van der Waals surface area contributed by atoms with Crippen molar-refractivity contribution in [2.24, 2.45) is 0 Å². The summed E-state index contributed by atoms with van der Waals surface area (Å²) < 4.78 is 2.56. The second-order valence-corrected chi connectivity index (χ2v) is 7.36. The number of rotatable bonds is 5. The van der Waals surface area contributed by atoms with Gasteiger partial charge in [-0.1, -0.05) is 45.4 Å². The molecule has 9 heteroatoms. The predicted octanol–water partition coefficient (Wildman–Crippen LogP) is 4.12. The fraction of sp³-hybridized carbons (Fsp3) is 0.125. The lowest BCUT2D eigenvalue weighted by Gasteiger charge is -2.09. The van der Waals surface area contributed by atoms with Gasteiger partial charge in [-0.3, -0.25) is 4.79 Å². The second-order valence-electron chi connectivity index (χ2n) is 5.10. The van der Waals surface area contributed by atoms with Gasteiger partial charge in [-0.05, 0) is 59.3 Å². The fourth-order valence-corrected chi connectivity index (χ4v) is 3.20. The van der Waals surface area contributed by atoms with Gasteiger partial charge in [0.25, 0.3) is 0 Å². The van der Waals surface area contributed by atoms with Crippen molar-refractivity contribution in [2.75, 3.05) is 11.1 Å². The highest BCUT2D eigenvalue weighted by Crippen LogP contribution is 2.24. The van der Waals surface area contributed by atoms with Crippen molar-refractivity contribution >= 4 is 50.9 Å². The van der Waals surface area contributed by atoms with Gasteiger partial charge >= 0.3 is 0 Å². The molecule has 0 fully saturated rings. The van der Waals surface area contributed by atoms with E-state index in [9.17, 15) is 4.79 Å². The van der Waals surface area contributed by atoms with Crippen molar-refractivity contribution < 1.29 is 4.79 Å². The standard InChI is InChI=1S/C16H13BrClN5OS/c1-10-13(18)3-2-4-14(10)19-15(24)9-25-16-20-21-22-23(16)12-7-5-11(17)6-8-12/h2-8H,9H2,1H3,(H,19,24). The molecule has 0 bridgehead atoms. The van der Waals surface area contributed by atoms with E-state index in [0.29, 0.717) is 15.9 Å². The third kappa shape index (κ3) is 4.39. The molecule has 0 aliphatic heterocycles. The molecule has 0 aliphatic rings. The number of nitrogens with zero attached hydrogens (tertiary/aromatic N) is 4. The minimum Gasteiger partial charge on any atom is -0.325 e. The number of carbonyl (C=O) groups excluding carboxylic acids is 1. The number of anilines is 1. The highest BCUT2D eigenvalue weighted by molar-refractivity contribution is 9.10. The number of amides is 1. The third-order valence-corrected chi connectivity index (χ3v) is 5.24. The van der Waals surface area contributed by atoms with Crippen LogP contribution >= 0.6 is 39.3 Å². The zero-order valence-corrected chi connectivity index (χ0v) is 16.3. The Labute approximate surface area is 162 Å². The van der Waals surface area contributed by atoms with Crippen molar-refractivity contribution in [3.05, 3.63) is 57.5 Å². The maximum Gasteiger partial charge on any atom is 0.234 e. The summed E-state index contributed by atoms with van der Waals surface area (Å²) in [5, 5.41) is 15.7. The first-order chi connectivity index (χ1) is 12.0. The zero-order valence-electron chi connectivity index (χ0n) is 13.1. The van der Waals surface area contributed by atoms with Crippen molar-refractivity contribution in [3.8, 4) is 5.69 Å². The summed E-state index contributed by atoms with van der Waals surface area (Å²) in [5.41, 5.74) is 2.36. The average Bonchev–Trinajstić information content (AvgIpc) is 3.06. The summed E-state index contributed by atoms with van der Waals surface area (Å²) >= 11 is 10.7. The minimum absolute atomic E-state index is 0.152. The van der Waals surface area contributed by atoms with Gasteiger partial charge in [0.2, 0.25) is 11.1 Å². The van der Waals surface area contributed by atoms with E-state index in [1.807, 2.05) is 37.3 Å². The molecule has 1 amide bonds. The van der Waals surface area contributed by atoms with E-state index in [1.165, 1.54) is 11.8 Å². The van der Waals surface area contributed by atoms with E-state index in [0.717, 1.165) is 15.7 Å². The molecule has 1 aromatic heterocycles. The molecular formula is C16H13BrClN5OS. The highest BCUT2D eigenvalue weighted by Gasteiger charge is 2.12. The fourth-order valence-electron chi connectivity index (χ4n) is 2.07. The summed E-state index contributed by atoms with van der Waals surface area (Å²) in [5.74, 6) is 0.0313. The van der Waals surface area contributed by atoms with Crippen LogP contribution in [0.1, 0.15) is 5.56 Å². The van der Waals surface area contributed by atoms with E-state index in [2.05, 4.69) is 36.8 Å². The SMILES string of the molecule is Cc1c(Cl)cccc1NC(=O)CSc1nnnn1-c1ccc(Br)cc1. The topological polar surface area (TPSA) is 72.7 Å². The molecule has 0 saturated carbocycles. The van der Waals surface area contributed by atoms with Gasteiger partial charge in [-0.2, -0.15) is 4.68 Å². The molecule has 3 rings (SSSR count). The lowest BCUT2D eigenvalue weighted by atomic mass is 10.2. The smallest absolute Gasteiger partial charge is 0.234 e. The van der Waals surface area contributed by atoms with Crippen LogP contribution in [0.25, 0.3) is 5.69 Å². The maximum atomic E-state index is 12.2. The number of halogens is 2. The molecule has 3 aromatic rings. The summed E-state index contributed by atoms with van der Waals surface area (Å²) in [6.07, 6.45) is 0. The van der Waals surface area contributed by atoms with E-state index < -0.39 is 0 Å². The summed E-state index contributed by atoms with van der Waals surface area (Å²) in [7, 11) is 0. The molecule has 0 atom stereocenters. The monoisotopic (exact) mass is 437 g/mol. The number of nitrogens with one attached hydrogen (secondary N) is 1. The third-order valence-electron chi connectivity index (χ3n) is 3.39. The van der Waals surface area contributed by atoms with Crippen LogP contribution < -0.4 is 5.32 Å². The molecule has 128 valence electrons. The quantitative estimate of drug-likeness (QED) is 0.607. The molecular weight excluding hydrogens is 426 g/mol. The van der Waals surface area contributed by atoms with Gasteiger partial charge in [0.15, 0.2) is 0 Å². The van der Waals surface area contributed by atoms with Crippen LogP contribution in [-0.2, 0) is 4.79 Å². The van der Waals surface area contributed by atoms with Crippen molar-refractivity contribution in [1.29, 1.82) is 0 Å². The van der Waals surface area contributed by atoms with E-state index in [4.69, 9.17) is 11.6 Å². The molecule has 25 heavy (non-hydrogen) atoms. The summed E-state index contributed by atoms with van der Waals surface area (Å²) in [6.45, 7) is 1.86. The molecule has 0 aliphatic carbocycles. The number of benzene rings is 2. The maximum absolute atomic E-state index is 12.2. The lowest BCUT2D eigenvalue weighted by Crippen LogP contribution is -2.15. The Kier molecular flexibility index (Phi) is 5.72. The Balaban J connectivity index is 1.66. The van der Waals surface area contributed by atoms with E-state index >= 15 is 0 Å². The molecule has 1 N–H and O–H groups in total. The lowest BCUT2D eigenvalue weighted by molar-refractivity contribution is -0.113. The Morgan fingerprint density at radius 2 is 2.04 bits per heavy atom. The molecule has 2 aromatic carbocycles. The Hall–Kier alpha value is -1.90. The van der Waals surface area contributed by atoms with Gasteiger partial charge in [-0.25, -0.2) is 0 Å². The van der Waals surface area contributed by atoms with Crippen LogP contribution in [0.15, 0.2) is 52.1 Å². The number of tetrazole rings is 1. The summed E-state index contributed by atoms with van der Waals surface area (Å²) in [4.78, 5) is 12.2. The van der Waals surface area contributed by atoms with Crippen LogP contribution in [0.5, 0.6) is 0 Å². The largest absolute Gasteiger partial charge is 0.325 e. The molecule has 1 heterocycles. The minimum atomic E-state index is -0.152. The van der Waals surface area contributed by atoms with Gasteiger partial charge in [0.05, 0.1) is 11.4 Å². The molecule has 0 unspecified atom stereocenters. The van der Waals surface area contributed by atoms with E-state index in [1.54, 1.807) is 16.8 Å². The highest BCUT2D eigenvalue weighted by atomic mass is 79.9. The first kappa shape index (κ1) is 17.9. The Morgan fingerprint density at radius 3 is 2.80 bits per heavy atom. The van der Waals surface area contributed by atoms with Crippen LogP contribution in [0.4, 0.5) is 5.69 Å². The first-order valence-electron chi connectivity index (χ1n) is 7.26. The number of carbonyl (C=O) groups is 1. The molecule has 0 spiro atoms. The predicted molar refractivity (Wildman–Crippen MR) is 102 cm³/mol. The Bertz CT molecular complexity index is 900. The van der Waals surface area contributed by atoms with Gasteiger partial charge in [0, 0.05) is 15.2 Å². The van der Waals surface area contributed by atoms with Gasteiger partial charge in [-0.15, -0.1) is 5.10 Å². The van der Waals surface area contributed by atoms with Gasteiger partial charge < -0.3 is 5.32 Å². The van der Waals surface area contributed by atoms with Crippen molar-refractivity contribution in [1.82, 2.24) is 20.2 Å². The van der Waals surface area contributed by atoms with Crippen LogP contribution in [0, 0.1) is 6.92 Å². The van der Waals surface area contributed by atoms with Crippen molar-refractivity contribution in [2.45, 2.75) is 12.1 Å². The van der Waals surface area contributed by atoms with Crippen LogP contribution in [0.2, 0.25) is 5.02 Å². The average molecular weight is 439 g/mol. The van der Waals surface area contributed by atoms with E-state index in [-0.39, 0.29) is 11.7 Å². The van der Waals surface area contributed by atoms with Gasteiger partial charge in [0.1, 0.15) is 0 Å². The van der Waals surface area contributed by atoms with Crippen LogP contribution in [-0.4, -0.2) is 31.9 Å². The number of aromatic nitrogens is 4. The first-order valence-corrected chi connectivity index (χ1v) is 9.42. The summed E-state index contributed by atoms with van der Waals surface area (Å²) in [6, 6.07) is 13.0. The van der Waals surface area contributed by atoms with Crippen LogP contribution in [0.3, 0.4) is 0 Å². The second kappa shape index (κ2) is 7.99.